The van der Waals surface area contributed by atoms with Crippen molar-refractivity contribution in [1.82, 2.24) is 4.90 Å². The largest absolute Gasteiger partial charge is 0.381 e. The molecule has 0 aromatic heterocycles. The summed E-state index contributed by atoms with van der Waals surface area (Å²) >= 11 is 0. The van der Waals surface area contributed by atoms with Crippen LogP contribution < -0.4 is 0 Å². The smallest absolute Gasteiger partial charge is 0.0497 e. The standard InChI is InChI=1S/C14H27NO/c1-11(13-5-6-16-10-13)7-12-8-15(9-12)14(2,3)4/h11-13H,5-10H2,1-4H3. The first-order chi connectivity index (χ1) is 7.47. The molecule has 0 aromatic rings. The SMILES string of the molecule is CC(CC1CN(C(C)(C)C)C1)C1CCOC1. The molecular weight excluding hydrogens is 198 g/mol. The molecular formula is C14H27NO. The maximum atomic E-state index is 5.48. The Labute approximate surface area is 100 Å². The number of hydrogen-bond acceptors (Lipinski definition) is 2. The lowest BCUT2D eigenvalue weighted by Crippen LogP contribution is -2.56. The zero-order chi connectivity index (χ0) is 11.8. The Morgan fingerprint density at radius 1 is 1.31 bits per heavy atom. The number of ether oxygens (including phenoxy) is 1. The molecule has 2 saturated heterocycles. The van der Waals surface area contributed by atoms with E-state index in [0.717, 1.165) is 31.0 Å². The minimum atomic E-state index is 0.371. The molecule has 0 aromatic carbocycles. The van der Waals surface area contributed by atoms with Crippen molar-refractivity contribution in [2.24, 2.45) is 17.8 Å². The van der Waals surface area contributed by atoms with Gasteiger partial charge in [-0.15, -0.1) is 0 Å². The molecule has 0 amide bonds. The summed E-state index contributed by atoms with van der Waals surface area (Å²) in [5.74, 6) is 2.63. The molecule has 2 atom stereocenters. The average molecular weight is 225 g/mol. The highest BCUT2D eigenvalue weighted by Gasteiger charge is 2.36. The second kappa shape index (κ2) is 4.66. The van der Waals surface area contributed by atoms with Crippen LogP contribution >= 0.6 is 0 Å². The van der Waals surface area contributed by atoms with E-state index in [0.29, 0.717) is 5.54 Å². The van der Waals surface area contributed by atoms with Gasteiger partial charge in [0.1, 0.15) is 0 Å². The Balaban J connectivity index is 1.69. The van der Waals surface area contributed by atoms with Gasteiger partial charge < -0.3 is 4.74 Å². The van der Waals surface area contributed by atoms with Gasteiger partial charge in [-0.3, -0.25) is 4.90 Å². The van der Waals surface area contributed by atoms with Gasteiger partial charge in [0.15, 0.2) is 0 Å². The second-order valence-corrected chi connectivity index (χ2v) is 6.78. The van der Waals surface area contributed by atoms with Crippen molar-refractivity contribution in [2.75, 3.05) is 26.3 Å². The van der Waals surface area contributed by atoms with E-state index >= 15 is 0 Å². The van der Waals surface area contributed by atoms with E-state index in [1.54, 1.807) is 0 Å². The second-order valence-electron chi connectivity index (χ2n) is 6.78. The monoisotopic (exact) mass is 225 g/mol. The highest BCUT2D eigenvalue weighted by atomic mass is 16.5. The molecule has 2 heteroatoms. The summed E-state index contributed by atoms with van der Waals surface area (Å²) < 4.78 is 5.48. The van der Waals surface area contributed by atoms with Gasteiger partial charge >= 0.3 is 0 Å². The van der Waals surface area contributed by atoms with Gasteiger partial charge in [-0.1, -0.05) is 6.92 Å². The molecule has 2 rings (SSSR count). The van der Waals surface area contributed by atoms with Crippen LogP contribution in [0.4, 0.5) is 0 Å². The van der Waals surface area contributed by atoms with E-state index in [-0.39, 0.29) is 0 Å². The molecule has 0 radical (unpaired) electrons. The summed E-state index contributed by atoms with van der Waals surface area (Å²) in [4.78, 5) is 2.59. The van der Waals surface area contributed by atoms with Crippen LogP contribution in [0.5, 0.6) is 0 Å². The Morgan fingerprint density at radius 2 is 2.00 bits per heavy atom. The first kappa shape index (κ1) is 12.4. The van der Waals surface area contributed by atoms with Gasteiger partial charge in [0, 0.05) is 31.8 Å². The molecule has 2 heterocycles. The molecule has 0 bridgehead atoms. The summed E-state index contributed by atoms with van der Waals surface area (Å²) in [5, 5.41) is 0. The number of rotatable bonds is 3. The third-order valence-corrected chi connectivity index (χ3v) is 4.38. The Bertz CT molecular complexity index is 221. The summed E-state index contributed by atoms with van der Waals surface area (Å²) in [5.41, 5.74) is 0.371. The maximum absolute atomic E-state index is 5.48. The van der Waals surface area contributed by atoms with Gasteiger partial charge in [-0.2, -0.15) is 0 Å². The predicted octanol–water partition coefficient (Wildman–Crippen LogP) is 2.78. The third kappa shape index (κ3) is 2.78. The van der Waals surface area contributed by atoms with Crippen molar-refractivity contribution >= 4 is 0 Å². The first-order valence-electron chi connectivity index (χ1n) is 6.79. The maximum Gasteiger partial charge on any atom is 0.0497 e. The number of likely N-dealkylation sites (tertiary alicyclic amines) is 1. The fourth-order valence-electron chi connectivity index (χ4n) is 2.99. The van der Waals surface area contributed by atoms with Crippen LogP contribution in [-0.4, -0.2) is 36.7 Å². The van der Waals surface area contributed by atoms with E-state index in [1.807, 2.05) is 0 Å². The Morgan fingerprint density at radius 3 is 2.50 bits per heavy atom. The highest BCUT2D eigenvalue weighted by molar-refractivity contribution is 4.89. The normalized spacial score (nSPS) is 30.4. The van der Waals surface area contributed by atoms with E-state index < -0.39 is 0 Å². The quantitative estimate of drug-likeness (QED) is 0.732. The molecule has 2 aliphatic rings. The van der Waals surface area contributed by atoms with Crippen LogP contribution in [-0.2, 0) is 4.74 Å². The van der Waals surface area contributed by atoms with Gasteiger partial charge in [0.05, 0.1) is 0 Å². The molecule has 0 saturated carbocycles. The lowest BCUT2D eigenvalue weighted by Gasteiger charge is -2.48. The molecule has 0 N–H and O–H groups in total. The molecule has 2 fully saturated rings. The number of nitrogens with zero attached hydrogens (tertiary/aromatic N) is 1. The van der Waals surface area contributed by atoms with Crippen molar-refractivity contribution in [3.05, 3.63) is 0 Å². The lowest BCUT2D eigenvalue weighted by atomic mass is 9.81. The summed E-state index contributed by atoms with van der Waals surface area (Å²) in [6.45, 7) is 14.0. The molecule has 2 unspecified atom stereocenters. The summed E-state index contributed by atoms with van der Waals surface area (Å²) in [6.07, 6.45) is 2.69. The van der Waals surface area contributed by atoms with Gasteiger partial charge in [0.25, 0.3) is 0 Å². The van der Waals surface area contributed by atoms with Gasteiger partial charge in [0.2, 0.25) is 0 Å². The Hall–Kier alpha value is -0.0800. The molecule has 0 spiro atoms. The van der Waals surface area contributed by atoms with Gasteiger partial charge in [-0.05, 0) is 51.4 Å². The fourth-order valence-corrected chi connectivity index (χ4v) is 2.99. The molecule has 94 valence electrons. The van der Waals surface area contributed by atoms with E-state index in [1.165, 1.54) is 25.9 Å². The van der Waals surface area contributed by atoms with Crippen molar-refractivity contribution in [1.29, 1.82) is 0 Å². The predicted molar refractivity (Wildman–Crippen MR) is 67.5 cm³/mol. The molecule has 0 aliphatic carbocycles. The van der Waals surface area contributed by atoms with Crippen molar-refractivity contribution < 1.29 is 4.74 Å². The minimum Gasteiger partial charge on any atom is -0.381 e. The van der Waals surface area contributed by atoms with Crippen LogP contribution in [0.1, 0.15) is 40.5 Å². The highest BCUT2D eigenvalue weighted by Crippen LogP contribution is 2.33. The third-order valence-electron chi connectivity index (χ3n) is 4.38. The van der Waals surface area contributed by atoms with Crippen LogP contribution in [0.3, 0.4) is 0 Å². The van der Waals surface area contributed by atoms with E-state index in [4.69, 9.17) is 4.74 Å². The topological polar surface area (TPSA) is 12.5 Å². The summed E-state index contributed by atoms with van der Waals surface area (Å²) in [6, 6.07) is 0. The van der Waals surface area contributed by atoms with Crippen molar-refractivity contribution in [3.8, 4) is 0 Å². The molecule has 16 heavy (non-hydrogen) atoms. The fraction of sp³-hybridized carbons (Fsp3) is 1.00. The van der Waals surface area contributed by atoms with Crippen LogP contribution in [0.25, 0.3) is 0 Å². The van der Waals surface area contributed by atoms with Crippen molar-refractivity contribution in [3.63, 3.8) is 0 Å². The van der Waals surface area contributed by atoms with Gasteiger partial charge in [-0.25, -0.2) is 0 Å². The van der Waals surface area contributed by atoms with E-state index in [9.17, 15) is 0 Å². The lowest BCUT2D eigenvalue weighted by molar-refractivity contribution is 0.000407. The van der Waals surface area contributed by atoms with Crippen LogP contribution in [0.2, 0.25) is 0 Å². The van der Waals surface area contributed by atoms with Crippen molar-refractivity contribution in [2.45, 2.75) is 46.1 Å². The molecule has 2 aliphatic heterocycles. The molecule has 2 nitrogen and oxygen atoms in total. The average Bonchev–Trinajstić information content (AvgIpc) is 2.60. The number of hydrogen-bond donors (Lipinski definition) is 0. The van der Waals surface area contributed by atoms with E-state index in [2.05, 4.69) is 32.6 Å². The Kier molecular flexibility index (Phi) is 3.60. The van der Waals surface area contributed by atoms with Crippen LogP contribution in [0.15, 0.2) is 0 Å². The minimum absolute atomic E-state index is 0.371. The van der Waals surface area contributed by atoms with Crippen LogP contribution in [0, 0.1) is 17.8 Å². The first-order valence-corrected chi connectivity index (χ1v) is 6.79. The summed E-state index contributed by atoms with van der Waals surface area (Å²) in [7, 11) is 0. The zero-order valence-electron chi connectivity index (χ0n) is 11.3. The zero-order valence-corrected chi connectivity index (χ0v) is 11.3.